The van der Waals surface area contributed by atoms with Crippen LogP contribution in [0.3, 0.4) is 0 Å². The summed E-state index contributed by atoms with van der Waals surface area (Å²) in [5, 5.41) is 3.26. The molecule has 0 spiro atoms. The minimum atomic E-state index is 0.234. The Labute approximate surface area is 136 Å². The molecule has 0 aromatic carbocycles. The molecule has 2 rings (SSSR count). The molecule has 0 aromatic rings. The van der Waals surface area contributed by atoms with Gasteiger partial charge in [-0.1, -0.05) is 13.3 Å². The molecule has 0 aromatic heterocycles. The Bertz CT molecular complexity index is 337. The summed E-state index contributed by atoms with van der Waals surface area (Å²) >= 11 is 0. The van der Waals surface area contributed by atoms with E-state index in [0.717, 1.165) is 44.9 Å². The highest BCUT2D eigenvalue weighted by Crippen LogP contribution is 2.20. The number of hydrogen-bond acceptors (Lipinski definition) is 3. The van der Waals surface area contributed by atoms with Gasteiger partial charge in [-0.05, 0) is 65.0 Å². The minimum absolute atomic E-state index is 0.234. The monoisotopic (exact) mass is 309 g/mol. The Morgan fingerprint density at radius 1 is 1.09 bits per heavy atom. The fourth-order valence-corrected chi connectivity index (χ4v) is 3.83. The Balaban J connectivity index is 1.68. The van der Waals surface area contributed by atoms with Crippen molar-refractivity contribution in [2.24, 2.45) is 5.92 Å². The molecule has 0 saturated carbocycles. The number of piperidine rings is 1. The van der Waals surface area contributed by atoms with Crippen molar-refractivity contribution >= 4 is 5.91 Å². The zero-order valence-electron chi connectivity index (χ0n) is 14.8. The van der Waals surface area contributed by atoms with E-state index in [2.05, 4.69) is 35.9 Å². The van der Waals surface area contributed by atoms with E-state index in [-0.39, 0.29) is 5.91 Å². The van der Waals surface area contributed by atoms with Gasteiger partial charge >= 0.3 is 0 Å². The van der Waals surface area contributed by atoms with Gasteiger partial charge in [-0.25, -0.2) is 0 Å². The largest absolute Gasteiger partial charge is 0.352 e. The lowest BCUT2D eigenvalue weighted by Gasteiger charge is -2.35. The van der Waals surface area contributed by atoms with E-state index in [4.69, 9.17) is 0 Å². The van der Waals surface area contributed by atoms with Gasteiger partial charge in [0.25, 0.3) is 0 Å². The third-order valence-corrected chi connectivity index (χ3v) is 5.51. The van der Waals surface area contributed by atoms with Gasteiger partial charge in [-0.3, -0.25) is 9.69 Å². The van der Waals surface area contributed by atoms with Gasteiger partial charge in [-0.2, -0.15) is 0 Å². The first-order valence-electron chi connectivity index (χ1n) is 9.34. The van der Waals surface area contributed by atoms with Crippen LogP contribution >= 0.6 is 0 Å². The molecule has 1 N–H and O–H groups in total. The molecule has 2 aliphatic heterocycles. The van der Waals surface area contributed by atoms with Gasteiger partial charge < -0.3 is 10.2 Å². The minimum Gasteiger partial charge on any atom is -0.352 e. The molecule has 0 radical (unpaired) electrons. The van der Waals surface area contributed by atoms with Crippen molar-refractivity contribution in [1.29, 1.82) is 0 Å². The second kappa shape index (κ2) is 8.88. The number of carbonyl (C=O) groups excluding carboxylic acids is 1. The number of hydrogen-bond donors (Lipinski definition) is 1. The molecule has 2 aliphatic rings. The summed E-state index contributed by atoms with van der Waals surface area (Å²) in [7, 11) is 0. The van der Waals surface area contributed by atoms with Gasteiger partial charge in [0, 0.05) is 25.2 Å². The van der Waals surface area contributed by atoms with E-state index in [0.29, 0.717) is 18.6 Å². The second-order valence-corrected chi connectivity index (χ2v) is 7.45. The smallest absolute Gasteiger partial charge is 0.234 e. The van der Waals surface area contributed by atoms with Gasteiger partial charge in [0.05, 0.1) is 6.54 Å². The summed E-state index contributed by atoms with van der Waals surface area (Å²) in [6.45, 7) is 11.8. The lowest BCUT2D eigenvalue weighted by atomic mass is 9.98. The highest BCUT2D eigenvalue weighted by atomic mass is 16.2. The van der Waals surface area contributed by atoms with Crippen molar-refractivity contribution in [2.75, 3.05) is 32.7 Å². The average molecular weight is 309 g/mol. The maximum atomic E-state index is 12.3. The van der Waals surface area contributed by atoms with Crippen LogP contribution in [-0.2, 0) is 4.79 Å². The Hall–Kier alpha value is -0.610. The lowest BCUT2D eigenvalue weighted by molar-refractivity contribution is -0.123. The molecule has 0 aliphatic carbocycles. The van der Waals surface area contributed by atoms with E-state index >= 15 is 0 Å². The van der Waals surface area contributed by atoms with Crippen LogP contribution in [0.5, 0.6) is 0 Å². The van der Waals surface area contributed by atoms with E-state index < -0.39 is 0 Å². The molecule has 1 atom stereocenters. The average Bonchev–Trinajstić information content (AvgIpc) is 2.72. The summed E-state index contributed by atoms with van der Waals surface area (Å²) in [5.41, 5.74) is 0. The highest BCUT2D eigenvalue weighted by molar-refractivity contribution is 5.78. The summed E-state index contributed by atoms with van der Waals surface area (Å²) in [6.07, 6.45) is 7.33. The van der Waals surface area contributed by atoms with Crippen molar-refractivity contribution in [2.45, 2.75) is 71.4 Å². The van der Waals surface area contributed by atoms with Gasteiger partial charge in [0.1, 0.15) is 0 Å². The number of nitrogens with zero attached hydrogens (tertiary/aromatic N) is 2. The van der Waals surface area contributed by atoms with Crippen LogP contribution in [-0.4, -0.2) is 60.5 Å². The zero-order chi connectivity index (χ0) is 15.9. The maximum absolute atomic E-state index is 12.3. The molecule has 2 heterocycles. The summed E-state index contributed by atoms with van der Waals surface area (Å²) in [6, 6.07) is 1.01. The number of nitrogens with one attached hydrogen (secondary N) is 1. The van der Waals surface area contributed by atoms with Gasteiger partial charge in [0.2, 0.25) is 5.91 Å². The molecule has 1 amide bonds. The van der Waals surface area contributed by atoms with E-state index in [1.54, 1.807) is 0 Å². The van der Waals surface area contributed by atoms with Crippen LogP contribution in [0.15, 0.2) is 0 Å². The van der Waals surface area contributed by atoms with Crippen molar-refractivity contribution in [1.82, 2.24) is 15.1 Å². The third-order valence-electron chi connectivity index (χ3n) is 5.51. The molecule has 4 heteroatoms. The summed E-state index contributed by atoms with van der Waals surface area (Å²) < 4.78 is 0. The molecule has 1 unspecified atom stereocenters. The number of rotatable bonds is 5. The van der Waals surface area contributed by atoms with Crippen LogP contribution in [0.25, 0.3) is 0 Å². The molecular formula is C18H35N3O. The van der Waals surface area contributed by atoms with Gasteiger partial charge in [0.15, 0.2) is 0 Å². The van der Waals surface area contributed by atoms with Crippen molar-refractivity contribution in [3.63, 3.8) is 0 Å². The first kappa shape index (κ1) is 17.7. The third kappa shape index (κ3) is 5.54. The first-order chi connectivity index (χ1) is 10.6. The molecule has 128 valence electrons. The van der Waals surface area contributed by atoms with E-state index in [9.17, 15) is 4.79 Å². The molecule has 22 heavy (non-hydrogen) atoms. The molecule has 4 nitrogen and oxygen atoms in total. The quantitative estimate of drug-likeness (QED) is 0.847. The summed E-state index contributed by atoms with van der Waals surface area (Å²) in [5.74, 6) is 1.10. The number of amides is 1. The van der Waals surface area contributed by atoms with Crippen LogP contribution < -0.4 is 5.32 Å². The number of likely N-dealkylation sites (tertiary alicyclic amines) is 2. The highest BCUT2D eigenvalue weighted by Gasteiger charge is 2.23. The van der Waals surface area contributed by atoms with E-state index in [1.165, 1.54) is 25.7 Å². The SMILES string of the molecule is CCC1CCCN(CC(=O)NC2CCN(C(C)C)CC2)CC1. The number of carbonyl (C=O) groups is 1. The van der Waals surface area contributed by atoms with Crippen LogP contribution in [0, 0.1) is 5.92 Å². The predicted octanol–water partition coefficient (Wildman–Crippen LogP) is 2.49. The van der Waals surface area contributed by atoms with Crippen molar-refractivity contribution < 1.29 is 4.79 Å². The van der Waals surface area contributed by atoms with Crippen LogP contribution in [0.1, 0.15) is 59.3 Å². The zero-order valence-corrected chi connectivity index (χ0v) is 14.8. The van der Waals surface area contributed by atoms with Crippen LogP contribution in [0.2, 0.25) is 0 Å². The molecule has 0 bridgehead atoms. The fraction of sp³-hybridized carbons (Fsp3) is 0.944. The topological polar surface area (TPSA) is 35.6 Å². The van der Waals surface area contributed by atoms with E-state index in [1.807, 2.05) is 0 Å². The van der Waals surface area contributed by atoms with Crippen molar-refractivity contribution in [3.8, 4) is 0 Å². The maximum Gasteiger partial charge on any atom is 0.234 e. The Morgan fingerprint density at radius 2 is 1.82 bits per heavy atom. The molecular weight excluding hydrogens is 274 g/mol. The van der Waals surface area contributed by atoms with Gasteiger partial charge in [-0.15, -0.1) is 0 Å². The lowest BCUT2D eigenvalue weighted by Crippen LogP contribution is -2.48. The van der Waals surface area contributed by atoms with Crippen LogP contribution in [0.4, 0.5) is 0 Å². The first-order valence-corrected chi connectivity index (χ1v) is 9.34. The Kier molecular flexibility index (Phi) is 7.16. The standard InChI is InChI=1S/C18H35N3O/c1-4-16-6-5-10-20(11-7-16)14-18(22)19-17-8-12-21(13-9-17)15(2)3/h15-17H,4-14H2,1-3H3,(H,19,22). The normalized spacial score (nSPS) is 26.1. The second-order valence-electron chi connectivity index (χ2n) is 7.45. The predicted molar refractivity (Wildman–Crippen MR) is 91.9 cm³/mol. The van der Waals surface area contributed by atoms with Crippen molar-refractivity contribution in [3.05, 3.63) is 0 Å². The molecule has 2 fully saturated rings. The fourth-order valence-electron chi connectivity index (χ4n) is 3.83. The Morgan fingerprint density at radius 3 is 2.45 bits per heavy atom. The summed E-state index contributed by atoms with van der Waals surface area (Å²) in [4.78, 5) is 17.1. The molecule has 2 saturated heterocycles.